The minimum absolute atomic E-state index is 0.238. The zero-order valence-corrected chi connectivity index (χ0v) is 22.3. The molecule has 0 fully saturated rings. The smallest absolute Gasteiger partial charge is 0.338 e. The molecular formula is C21H15BrClIN2O5S. The van der Waals surface area contributed by atoms with Crippen molar-refractivity contribution >= 4 is 73.5 Å². The maximum atomic E-state index is 13.5. The number of allylic oxidation sites excluding steroid dienone is 1. The van der Waals surface area contributed by atoms with Crippen LogP contribution in [0, 0.1) is 3.77 Å². The summed E-state index contributed by atoms with van der Waals surface area (Å²) in [6.07, 6.45) is 1.65. The summed E-state index contributed by atoms with van der Waals surface area (Å²) in [4.78, 5) is 31.2. The van der Waals surface area contributed by atoms with Gasteiger partial charge < -0.3 is 13.9 Å². The summed E-state index contributed by atoms with van der Waals surface area (Å²) in [5.41, 5.74) is 0.920. The molecule has 1 atom stereocenters. The number of carbonyl (C=O) groups excluding carboxylic acids is 1. The van der Waals surface area contributed by atoms with E-state index in [-0.39, 0.29) is 11.1 Å². The molecule has 3 heterocycles. The predicted octanol–water partition coefficient (Wildman–Crippen LogP) is 4.03. The van der Waals surface area contributed by atoms with Crippen LogP contribution in [-0.2, 0) is 9.53 Å². The van der Waals surface area contributed by atoms with E-state index in [0.29, 0.717) is 40.9 Å². The molecule has 1 aromatic carbocycles. The number of ether oxygens (including phenoxy) is 2. The molecule has 0 bridgehead atoms. The van der Waals surface area contributed by atoms with Crippen LogP contribution in [0.3, 0.4) is 0 Å². The van der Waals surface area contributed by atoms with E-state index in [2.05, 4.69) is 43.5 Å². The lowest BCUT2D eigenvalue weighted by Gasteiger charge is -2.25. The number of hydrogen-bond donors (Lipinski definition) is 0. The van der Waals surface area contributed by atoms with Gasteiger partial charge in [0, 0.05) is 39.3 Å². The van der Waals surface area contributed by atoms with E-state index in [9.17, 15) is 9.59 Å². The van der Waals surface area contributed by atoms with Gasteiger partial charge in [0.2, 0.25) is 0 Å². The Labute approximate surface area is 213 Å². The molecule has 1 aliphatic rings. The maximum Gasteiger partial charge on any atom is 0.338 e. The van der Waals surface area contributed by atoms with Gasteiger partial charge in [-0.05, 0) is 47.1 Å². The molecule has 32 heavy (non-hydrogen) atoms. The molecule has 0 aliphatic carbocycles. The maximum absolute atomic E-state index is 13.5. The summed E-state index contributed by atoms with van der Waals surface area (Å²) < 4.78 is 19.5. The quantitative estimate of drug-likeness (QED) is 0.315. The standard InChI is InChI=1S/C21H15BrClIN2O5S/c1-9-16(20(28)30-3)17(12-6-10(23)4-5-14(12)29-2)26-19(27)15(32-21(26)25-9)8-11-7-13(22)18(24)31-11/h4-8,17H,1-3H3/b15-8-/t17-/m1/s1. The normalized spacial score (nSPS) is 16.1. The van der Waals surface area contributed by atoms with Crippen molar-refractivity contribution in [3.8, 4) is 5.75 Å². The molecule has 0 saturated carbocycles. The van der Waals surface area contributed by atoms with Crippen molar-refractivity contribution in [1.82, 2.24) is 4.57 Å². The Balaban J connectivity index is 2.03. The Hall–Kier alpha value is -1.89. The fourth-order valence-electron chi connectivity index (χ4n) is 3.47. The van der Waals surface area contributed by atoms with Crippen molar-refractivity contribution in [3.63, 3.8) is 0 Å². The first-order chi connectivity index (χ1) is 15.2. The van der Waals surface area contributed by atoms with E-state index in [4.69, 9.17) is 25.5 Å². The van der Waals surface area contributed by atoms with Crippen molar-refractivity contribution in [1.29, 1.82) is 0 Å². The van der Waals surface area contributed by atoms with Crippen LogP contribution in [0.25, 0.3) is 6.08 Å². The fraction of sp³-hybridized carbons (Fsp3) is 0.190. The molecule has 0 radical (unpaired) electrons. The number of nitrogens with zero attached hydrogens (tertiary/aromatic N) is 2. The Morgan fingerprint density at radius 3 is 2.75 bits per heavy atom. The first-order valence-electron chi connectivity index (χ1n) is 9.14. The minimum atomic E-state index is -0.821. The van der Waals surface area contributed by atoms with Gasteiger partial charge in [0.05, 0.1) is 34.5 Å². The molecule has 2 aromatic heterocycles. The lowest BCUT2D eigenvalue weighted by atomic mass is 9.95. The topological polar surface area (TPSA) is 83.0 Å². The van der Waals surface area contributed by atoms with Gasteiger partial charge in [0.15, 0.2) is 8.57 Å². The second-order valence-electron chi connectivity index (χ2n) is 6.73. The van der Waals surface area contributed by atoms with Crippen LogP contribution in [0.15, 0.2) is 54.2 Å². The molecule has 0 unspecified atom stereocenters. The van der Waals surface area contributed by atoms with Gasteiger partial charge in [-0.15, -0.1) is 0 Å². The van der Waals surface area contributed by atoms with Crippen LogP contribution >= 0.6 is 61.5 Å². The van der Waals surface area contributed by atoms with Gasteiger partial charge in [0.1, 0.15) is 17.6 Å². The van der Waals surface area contributed by atoms with E-state index >= 15 is 0 Å². The number of methoxy groups -OCH3 is 2. The SMILES string of the molecule is COC(=O)C1=C(C)N=c2s/c(=C\c3cc(Br)c(I)o3)c(=O)n2[C@@H]1c1cc(Cl)ccc1OC. The minimum Gasteiger partial charge on any atom is -0.496 e. The number of thiazole rings is 1. The average Bonchev–Trinajstić information content (AvgIpc) is 3.24. The monoisotopic (exact) mass is 648 g/mol. The zero-order chi connectivity index (χ0) is 23.2. The number of furan rings is 1. The first-order valence-corrected chi connectivity index (χ1v) is 12.2. The number of carbonyl (C=O) groups is 1. The number of rotatable bonds is 4. The second-order valence-corrected chi connectivity index (χ2v) is 10.0. The molecule has 3 aromatic rings. The predicted molar refractivity (Wildman–Crippen MR) is 133 cm³/mol. The van der Waals surface area contributed by atoms with Gasteiger partial charge in [-0.25, -0.2) is 9.79 Å². The Morgan fingerprint density at radius 2 is 2.12 bits per heavy atom. The third kappa shape index (κ3) is 4.09. The second kappa shape index (κ2) is 9.16. The molecule has 4 rings (SSSR count). The zero-order valence-electron chi connectivity index (χ0n) is 16.9. The lowest BCUT2D eigenvalue weighted by molar-refractivity contribution is -0.136. The van der Waals surface area contributed by atoms with Crippen molar-refractivity contribution in [2.24, 2.45) is 4.99 Å². The summed E-state index contributed by atoms with van der Waals surface area (Å²) in [7, 11) is 2.80. The third-order valence-corrected chi connectivity index (χ3v) is 8.20. The Bertz CT molecular complexity index is 1440. The van der Waals surface area contributed by atoms with Crippen LogP contribution in [-0.4, -0.2) is 24.8 Å². The van der Waals surface area contributed by atoms with E-state index in [1.54, 1.807) is 37.3 Å². The number of aromatic nitrogens is 1. The van der Waals surface area contributed by atoms with Gasteiger partial charge in [0.25, 0.3) is 5.56 Å². The molecular weight excluding hydrogens is 635 g/mol. The van der Waals surface area contributed by atoms with Crippen LogP contribution in [0.1, 0.15) is 24.3 Å². The molecule has 0 spiro atoms. The molecule has 0 saturated heterocycles. The number of hydrogen-bond acceptors (Lipinski definition) is 7. The summed E-state index contributed by atoms with van der Waals surface area (Å²) in [5.74, 6) is 0.416. The lowest BCUT2D eigenvalue weighted by Crippen LogP contribution is -2.40. The number of fused-ring (bicyclic) bond motifs is 1. The number of esters is 1. The molecule has 11 heteroatoms. The highest BCUT2D eigenvalue weighted by atomic mass is 127. The van der Waals surface area contributed by atoms with Crippen LogP contribution in [0.5, 0.6) is 5.75 Å². The van der Waals surface area contributed by atoms with E-state index in [1.807, 2.05) is 0 Å². The van der Waals surface area contributed by atoms with Gasteiger partial charge in [-0.2, -0.15) is 0 Å². The fourth-order valence-corrected chi connectivity index (χ4v) is 5.39. The summed E-state index contributed by atoms with van der Waals surface area (Å²) in [5, 5.41) is 0.441. The van der Waals surface area contributed by atoms with Crippen LogP contribution in [0.2, 0.25) is 5.02 Å². The molecule has 7 nitrogen and oxygen atoms in total. The van der Waals surface area contributed by atoms with Crippen LogP contribution in [0.4, 0.5) is 0 Å². The third-order valence-electron chi connectivity index (χ3n) is 4.85. The van der Waals surface area contributed by atoms with Crippen molar-refractivity contribution < 1.29 is 18.7 Å². The Kier molecular flexibility index (Phi) is 6.66. The highest BCUT2D eigenvalue weighted by Crippen LogP contribution is 2.37. The summed E-state index contributed by atoms with van der Waals surface area (Å²) in [6, 6.07) is 6.01. The summed E-state index contributed by atoms with van der Waals surface area (Å²) in [6.45, 7) is 1.71. The largest absolute Gasteiger partial charge is 0.496 e. The Morgan fingerprint density at radius 1 is 1.38 bits per heavy atom. The molecule has 0 amide bonds. The summed E-state index contributed by atoms with van der Waals surface area (Å²) >= 11 is 12.9. The van der Waals surface area contributed by atoms with E-state index in [0.717, 1.165) is 4.47 Å². The number of benzene rings is 1. The number of halogens is 3. The van der Waals surface area contributed by atoms with Crippen molar-refractivity contribution in [2.75, 3.05) is 14.2 Å². The van der Waals surface area contributed by atoms with E-state index < -0.39 is 12.0 Å². The van der Waals surface area contributed by atoms with Gasteiger partial charge >= 0.3 is 5.97 Å². The molecule has 0 N–H and O–H groups in total. The first kappa shape index (κ1) is 23.3. The van der Waals surface area contributed by atoms with Crippen LogP contribution < -0.4 is 19.6 Å². The van der Waals surface area contributed by atoms with Crippen molar-refractivity contribution in [2.45, 2.75) is 13.0 Å². The van der Waals surface area contributed by atoms with Crippen molar-refractivity contribution in [3.05, 3.63) is 79.8 Å². The van der Waals surface area contributed by atoms with Gasteiger partial charge in [-0.1, -0.05) is 22.9 Å². The highest BCUT2D eigenvalue weighted by Gasteiger charge is 2.35. The molecule has 1 aliphatic heterocycles. The average molecular weight is 650 g/mol. The van der Waals surface area contributed by atoms with Gasteiger partial charge in [-0.3, -0.25) is 9.36 Å². The van der Waals surface area contributed by atoms with E-state index in [1.165, 1.54) is 30.1 Å². The molecule has 166 valence electrons. The highest BCUT2D eigenvalue weighted by molar-refractivity contribution is 14.1.